The number of nitrogens with zero attached hydrogens (tertiary/aromatic N) is 2. The molecule has 0 amide bonds. The van der Waals surface area contributed by atoms with E-state index in [-0.39, 0.29) is 0 Å². The number of hydrogen-bond acceptors (Lipinski definition) is 5. The molecule has 1 aromatic rings. The number of thiocarbonyl (C=S) groups is 1. The van der Waals surface area contributed by atoms with Gasteiger partial charge in [-0.05, 0) is 23.8 Å². The predicted octanol–water partition coefficient (Wildman–Crippen LogP) is 2.13. The first-order chi connectivity index (χ1) is 10.3. The average molecular weight is 301 g/mol. The summed E-state index contributed by atoms with van der Waals surface area (Å²) in [5.74, 6) is 0.709. The lowest BCUT2D eigenvalue weighted by Gasteiger charge is -2.30. The van der Waals surface area contributed by atoms with Gasteiger partial charge < -0.3 is 15.0 Å². The summed E-state index contributed by atoms with van der Waals surface area (Å²) in [7, 11) is 0. The van der Waals surface area contributed by atoms with Crippen molar-refractivity contribution >= 4 is 22.8 Å². The molecule has 21 heavy (non-hydrogen) atoms. The van der Waals surface area contributed by atoms with Crippen molar-refractivity contribution in [3.63, 3.8) is 0 Å². The highest BCUT2D eigenvalue weighted by Crippen LogP contribution is 2.26. The zero-order valence-corrected chi connectivity index (χ0v) is 12.7. The number of pyridine rings is 1. The van der Waals surface area contributed by atoms with Crippen molar-refractivity contribution in [1.82, 2.24) is 10.3 Å². The number of piperazine rings is 1. The van der Waals surface area contributed by atoms with Crippen LogP contribution in [0.3, 0.4) is 0 Å². The number of anilines is 1. The summed E-state index contributed by atoms with van der Waals surface area (Å²) in [5.41, 5.74) is 2.27. The Labute approximate surface area is 130 Å². The summed E-state index contributed by atoms with van der Waals surface area (Å²) in [5, 5.41) is 3.36. The van der Waals surface area contributed by atoms with Crippen LogP contribution in [0.4, 0.5) is 5.69 Å². The molecule has 1 N–H and O–H groups in total. The van der Waals surface area contributed by atoms with Crippen LogP contribution in [0.1, 0.15) is 6.42 Å². The number of allylic oxidation sites excluding steroid dienone is 3. The van der Waals surface area contributed by atoms with Gasteiger partial charge in [0.2, 0.25) is 5.88 Å². The average Bonchev–Trinajstić information content (AvgIpc) is 2.54. The van der Waals surface area contributed by atoms with Crippen LogP contribution in [-0.2, 0) is 0 Å². The molecule has 0 unspecified atom stereocenters. The third-order valence-corrected chi connectivity index (χ3v) is 3.90. The highest BCUT2D eigenvalue weighted by atomic mass is 32.1. The monoisotopic (exact) mass is 301 g/mol. The lowest BCUT2D eigenvalue weighted by atomic mass is 10.1. The molecule has 0 bridgehead atoms. The van der Waals surface area contributed by atoms with Crippen LogP contribution in [0.25, 0.3) is 0 Å². The van der Waals surface area contributed by atoms with Crippen molar-refractivity contribution in [2.45, 2.75) is 6.42 Å². The van der Waals surface area contributed by atoms with Crippen LogP contribution >= 0.6 is 12.2 Å². The van der Waals surface area contributed by atoms with E-state index in [2.05, 4.69) is 27.3 Å². The topological polar surface area (TPSA) is 37.4 Å². The molecule has 3 rings (SSSR count). The molecule has 0 aromatic carbocycles. The zero-order chi connectivity index (χ0) is 14.5. The van der Waals surface area contributed by atoms with E-state index in [0.717, 1.165) is 43.2 Å². The van der Waals surface area contributed by atoms with E-state index in [1.807, 2.05) is 18.2 Å². The molecular weight excluding hydrogens is 282 g/mol. The first kappa shape index (κ1) is 14.2. The molecule has 0 spiro atoms. The van der Waals surface area contributed by atoms with Crippen LogP contribution in [0.5, 0.6) is 5.88 Å². The summed E-state index contributed by atoms with van der Waals surface area (Å²) in [4.78, 5) is 7.67. The number of rotatable bonds is 4. The molecule has 4 nitrogen and oxygen atoms in total. The van der Waals surface area contributed by atoms with E-state index in [4.69, 9.17) is 17.0 Å². The van der Waals surface area contributed by atoms with Gasteiger partial charge in [0.1, 0.15) is 6.61 Å². The van der Waals surface area contributed by atoms with Gasteiger partial charge in [0, 0.05) is 43.7 Å². The molecule has 0 radical (unpaired) electrons. The lowest BCUT2D eigenvalue weighted by Crippen LogP contribution is -2.43. The molecular formula is C16H19N3OS. The van der Waals surface area contributed by atoms with Crippen molar-refractivity contribution in [2.75, 3.05) is 37.7 Å². The van der Waals surface area contributed by atoms with Crippen molar-refractivity contribution < 1.29 is 4.74 Å². The summed E-state index contributed by atoms with van der Waals surface area (Å²) in [6, 6.07) is 4.04. The Morgan fingerprint density at radius 1 is 1.33 bits per heavy atom. The molecule has 1 fully saturated rings. The van der Waals surface area contributed by atoms with Crippen molar-refractivity contribution in [2.24, 2.45) is 0 Å². The van der Waals surface area contributed by atoms with E-state index in [1.165, 1.54) is 5.57 Å². The Bertz CT molecular complexity index is 577. The minimum absolute atomic E-state index is 0.542. The summed E-state index contributed by atoms with van der Waals surface area (Å²) in [6.45, 7) is 4.51. The first-order valence-electron chi connectivity index (χ1n) is 7.25. The normalized spacial score (nSPS) is 18.6. The molecule has 110 valence electrons. The third-order valence-electron chi connectivity index (χ3n) is 3.62. The van der Waals surface area contributed by atoms with E-state index in [9.17, 15) is 0 Å². The van der Waals surface area contributed by atoms with Crippen LogP contribution in [0, 0.1) is 0 Å². The minimum Gasteiger partial charge on any atom is -0.472 e. The Balaban J connectivity index is 1.69. The molecule has 2 heterocycles. The maximum Gasteiger partial charge on any atom is 0.237 e. The number of nitrogens with one attached hydrogen (secondary N) is 1. The van der Waals surface area contributed by atoms with Gasteiger partial charge in [-0.15, -0.1) is 0 Å². The molecule has 5 heteroatoms. The summed E-state index contributed by atoms with van der Waals surface area (Å²) >= 11 is 5.23. The summed E-state index contributed by atoms with van der Waals surface area (Å²) < 4.78 is 5.94. The third kappa shape index (κ3) is 3.68. The lowest BCUT2D eigenvalue weighted by molar-refractivity contribution is 0.336. The fraction of sp³-hybridized carbons (Fsp3) is 0.375. The van der Waals surface area contributed by atoms with Gasteiger partial charge in [0.05, 0.1) is 5.69 Å². The number of aromatic nitrogens is 1. The SMILES string of the molecule is S=C1C=CC=C(COc2ncccc2N2CCNCC2)C1. The largest absolute Gasteiger partial charge is 0.472 e. The van der Waals surface area contributed by atoms with Gasteiger partial charge in [-0.3, -0.25) is 0 Å². The number of hydrogen-bond donors (Lipinski definition) is 1. The highest BCUT2D eigenvalue weighted by Gasteiger charge is 2.16. The smallest absolute Gasteiger partial charge is 0.237 e. The van der Waals surface area contributed by atoms with Gasteiger partial charge in [0.25, 0.3) is 0 Å². The Morgan fingerprint density at radius 2 is 2.19 bits per heavy atom. The van der Waals surface area contributed by atoms with E-state index >= 15 is 0 Å². The minimum atomic E-state index is 0.542. The van der Waals surface area contributed by atoms with E-state index in [0.29, 0.717) is 12.5 Å². The van der Waals surface area contributed by atoms with Crippen molar-refractivity contribution in [3.8, 4) is 5.88 Å². The van der Waals surface area contributed by atoms with Gasteiger partial charge >= 0.3 is 0 Å². The quantitative estimate of drug-likeness (QED) is 0.862. The van der Waals surface area contributed by atoms with E-state index in [1.54, 1.807) is 6.20 Å². The fourth-order valence-corrected chi connectivity index (χ4v) is 2.80. The molecule has 0 saturated carbocycles. The Hall–Kier alpha value is -1.72. The molecule has 1 aliphatic carbocycles. The molecule has 2 aliphatic rings. The van der Waals surface area contributed by atoms with Gasteiger partial charge in [-0.2, -0.15) is 0 Å². The van der Waals surface area contributed by atoms with Crippen LogP contribution in [-0.4, -0.2) is 42.6 Å². The summed E-state index contributed by atoms with van der Waals surface area (Å²) in [6.07, 6.45) is 8.61. The van der Waals surface area contributed by atoms with Gasteiger partial charge in [-0.1, -0.05) is 24.4 Å². The van der Waals surface area contributed by atoms with Crippen molar-refractivity contribution in [1.29, 1.82) is 0 Å². The van der Waals surface area contributed by atoms with Gasteiger partial charge in [0.15, 0.2) is 0 Å². The second kappa shape index (κ2) is 6.83. The zero-order valence-electron chi connectivity index (χ0n) is 11.9. The molecule has 1 aliphatic heterocycles. The standard InChI is InChI=1S/C16H19N3OS/c21-14-4-1-3-13(11-14)12-20-16-15(5-2-6-18-16)19-9-7-17-8-10-19/h1-6,17H,7-12H2. The molecule has 1 aromatic heterocycles. The second-order valence-corrected chi connectivity index (χ2v) is 5.70. The van der Waals surface area contributed by atoms with Crippen LogP contribution in [0.2, 0.25) is 0 Å². The predicted molar refractivity (Wildman–Crippen MR) is 89.3 cm³/mol. The molecule has 1 saturated heterocycles. The van der Waals surface area contributed by atoms with E-state index < -0.39 is 0 Å². The maximum atomic E-state index is 5.94. The Kier molecular flexibility index (Phi) is 4.62. The van der Waals surface area contributed by atoms with Crippen LogP contribution in [0.15, 0.2) is 42.1 Å². The van der Waals surface area contributed by atoms with Gasteiger partial charge in [-0.25, -0.2) is 4.98 Å². The van der Waals surface area contributed by atoms with Crippen LogP contribution < -0.4 is 15.0 Å². The number of ether oxygens (including phenoxy) is 1. The van der Waals surface area contributed by atoms with Crippen molar-refractivity contribution in [3.05, 3.63) is 42.1 Å². The Morgan fingerprint density at radius 3 is 3.00 bits per heavy atom. The molecule has 0 atom stereocenters. The fourth-order valence-electron chi connectivity index (χ4n) is 2.53. The highest BCUT2D eigenvalue weighted by molar-refractivity contribution is 7.80. The second-order valence-electron chi connectivity index (χ2n) is 5.18. The maximum absolute atomic E-state index is 5.94. The first-order valence-corrected chi connectivity index (χ1v) is 7.66.